The zero-order valence-corrected chi connectivity index (χ0v) is 9.59. The Balaban J connectivity index is 1.61. The number of rotatable bonds is 4. The Morgan fingerprint density at radius 1 is 1.53 bits per heavy atom. The maximum atomic E-state index is 11.3. The van der Waals surface area contributed by atoms with E-state index in [0.717, 1.165) is 11.8 Å². The average Bonchev–Trinajstić information content (AvgIpc) is 2.86. The van der Waals surface area contributed by atoms with Gasteiger partial charge in [-0.1, -0.05) is 27.7 Å². The summed E-state index contributed by atoms with van der Waals surface area (Å²) >= 11 is 0. The third-order valence-electron chi connectivity index (χ3n) is 1.81. The summed E-state index contributed by atoms with van der Waals surface area (Å²) in [6, 6.07) is 0. The van der Waals surface area contributed by atoms with Crippen LogP contribution in [0.15, 0.2) is 11.5 Å². The van der Waals surface area contributed by atoms with Gasteiger partial charge in [-0.05, 0) is 11.8 Å². The maximum Gasteiger partial charge on any atom is 0.330 e. The van der Waals surface area contributed by atoms with E-state index in [1.165, 1.54) is 0 Å². The first-order valence-electron chi connectivity index (χ1n) is 4.60. The molecule has 2 aliphatic heterocycles. The predicted molar refractivity (Wildman–Crippen MR) is 57.2 cm³/mol. The van der Waals surface area contributed by atoms with Crippen LogP contribution in [0.2, 0.25) is 0 Å². The van der Waals surface area contributed by atoms with Crippen LogP contribution in [0, 0.1) is 0 Å². The Morgan fingerprint density at radius 3 is 3.00 bits per heavy atom. The van der Waals surface area contributed by atoms with Crippen molar-refractivity contribution in [3.8, 4) is 0 Å². The number of carbonyl (C=O) groups excluding carboxylic acids is 1. The number of nitrogens with zero attached hydrogens (tertiary/aromatic N) is 1. The van der Waals surface area contributed by atoms with Crippen LogP contribution in [0.4, 0.5) is 0 Å². The van der Waals surface area contributed by atoms with Gasteiger partial charge >= 0.3 is 5.97 Å². The summed E-state index contributed by atoms with van der Waals surface area (Å²) < 4.78 is 0. The van der Waals surface area contributed by atoms with Crippen molar-refractivity contribution >= 4 is 27.6 Å². The highest BCUT2D eigenvalue weighted by Crippen LogP contribution is 2.37. The van der Waals surface area contributed by atoms with Gasteiger partial charge in [0.15, 0.2) is 0 Å². The van der Waals surface area contributed by atoms with Crippen LogP contribution in [-0.4, -0.2) is 29.8 Å². The number of hydrogen-bond donors (Lipinski definition) is 0. The van der Waals surface area contributed by atoms with E-state index in [1.807, 2.05) is 5.41 Å². The Labute approximate surface area is 95.4 Å². The van der Waals surface area contributed by atoms with Crippen molar-refractivity contribution in [3.05, 3.63) is 11.5 Å². The lowest BCUT2D eigenvalue weighted by Gasteiger charge is -2.11. The lowest BCUT2D eigenvalue weighted by atomic mass is 10.2. The molecule has 15 heavy (non-hydrogen) atoms. The van der Waals surface area contributed by atoms with E-state index in [9.17, 15) is 4.79 Å². The average molecular weight is 249 g/mol. The standard InChI is InChI=1S/C8H11NO4S2/c10-8(13-9-11-4-5-12-9)2-1-7-3-6-14-15-7/h3,6-7H,1-2,4-5H2. The van der Waals surface area contributed by atoms with Gasteiger partial charge in [-0.25, -0.2) is 9.68 Å². The van der Waals surface area contributed by atoms with E-state index in [0.29, 0.717) is 24.9 Å². The molecule has 1 unspecified atom stereocenters. The molecule has 84 valence electrons. The van der Waals surface area contributed by atoms with Gasteiger partial charge in [-0.3, -0.25) is 4.79 Å². The van der Waals surface area contributed by atoms with E-state index >= 15 is 0 Å². The van der Waals surface area contributed by atoms with E-state index in [2.05, 4.69) is 6.08 Å². The van der Waals surface area contributed by atoms with Crippen molar-refractivity contribution in [3.63, 3.8) is 0 Å². The smallest absolute Gasteiger partial charge is 0.318 e. The topological polar surface area (TPSA) is 48.0 Å². The molecule has 1 atom stereocenters. The fraction of sp³-hybridized carbons (Fsp3) is 0.625. The summed E-state index contributed by atoms with van der Waals surface area (Å²) in [4.78, 5) is 25.8. The maximum absolute atomic E-state index is 11.3. The highest BCUT2D eigenvalue weighted by Gasteiger charge is 2.20. The summed E-state index contributed by atoms with van der Waals surface area (Å²) in [7, 11) is 3.44. The third-order valence-corrected chi connectivity index (χ3v) is 4.24. The van der Waals surface area contributed by atoms with Gasteiger partial charge in [0.2, 0.25) is 0 Å². The van der Waals surface area contributed by atoms with E-state index in [1.54, 1.807) is 21.6 Å². The molecule has 0 aromatic rings. The van der Waals surface area contributed by atoms with Crippen molar-refractivity contribution in [1.82, 2.24) is 5.39 Å². The molecule has 5 nitrogen and oxygen atoms in total. The van der Waals surface area contributed by atoms with Crippen LogP contribution in [0.3, 0.4) is 0 Å². The van der Waals surface area contributed by atoms with Gasteiger partial charge in [-0.15, -0.1) is 0 Å². The fourth-order valence-electron chi connectivity index (χ4n) is 1.10. The molecule has 0 saturated carbocycles. The summed E-state index contributed by atoms with van der Waals surface area (Å²) in [5.74, 6) is -0.331. The Bertz CT molecular complexity index is 255. The van der Waals surface area contributed by atoms with Crippen molar-refractivity contribution in [2.45, 2.75) is 18.1 Å². The first-order chi connectivity index (χ1) is 7.34. The number of hydrogen-bond acceptors (Lipinski definition) is 7. The summed E-state index contributed by atoms with van der Waals surface area (Å²) in [6.45, 7) is 0.844. The molecular formula is C8H11NO4S2. The second-order valence-corrected chi connectivity index (χ2v) is 5.37. The molecule has 0 bridgehead atoms. The summed E-state index contributed by atoms with van der Waals surface area (Å²) in [6.07, 6.45) is 3.23. The SMILES string of the molecule is O=C(CCC1C=CSS1)ON1OCCO1. The zero-order valence-electron chi connectivity index (χ0n) is 7.96. The summed E-state index contributed by atoms with van der Waals surface area (Å²) in [5.41, 5.74) is 0. The van der Waals surface area contributed by atoms with Crippen molar-refractivity contribution < 1.29 is 19.3 Å². The van der Waals surface area contributed by atoms with Gasteiger partial charge in [0, 0.05) is 11.7 Å². The minimum absolute atomic E-state index is 0.331. The molecular weight excluding hydrogens is 238 g/mol. The molecule has 0 aromatic carbocycles. The van der Waals surface area contributed by atoms with E-state index < -0.39 is 0 Å². The molecule has 2 heterocycles. The second kappa shape index (κ2) is 5.76. The van der Waals surface area contributed by atoms with E-state index in [4.69, 9.17) is 14.5 Å². The minimum atomic E-state index is -0.331. The van der Waals surface area contributed by atoms with Crippen LogP contribution in [0.1, 0.15) is 12.8 Å². The van der Waals surface area contributed by atoms with Gasteiger partial charge in [-0.2, -0.15) is 0 Å². The lowest BCUT2D eigenvalue weighted by Crippen LogP contribution is -2.22. The molecule has 0 amide bonds. The third kappa shape index (κ3) is 3.69. The zero-order chi connectivity index (χ0) is 10.5. The lowest BCUT2D eigenvalue weighted by molar-refractivity contribution is -0.460. The highest BCUT2D eigenvalue weighted by atomic mass is 33.1. The van der Waals surface area contributed by atoms with Crippen molar-refractivity contribution in [1.29, 1.82) is 0 Å². The minimum Gasteiger partial charge on any atom is -0.318 e. The quantitative estimate of drug-likeness (QED) is 0.702. The largest absolute Gasteiger partial charge is 0.330 e. The predicted octanol–water partition coefficient (Wildman–Crippen LogP) is 1.68. The molecule has 0 radical (unpaired) electrons. The normalized spacial score (nSPS) is 26.0. The first kappa shape index (κ1) is 11.3. The molecule has 1 fully saturated rings. The van der Waals surface area contributed by atoms with Crippen molar-refractivity contribution in [2.75, 3.05) is 13.2 Å². The van der Waals surface area contributed by atoms with Gasteiger partial charge < -0.3 is 4.84 Å². The van der Waals surface area contributed by atoms with Gasteiger partial charge in [0.1, 0.15) is 18.6 Å². The molecule has 2 rings (SSSR count). The van der Waals surface area contributed by atoms with Gasteiger partial charge in [0.05, 0.1) is 0 Å². The highest BCUT2D eigenvalue weighted by molar-refractivity contribution is 8.78. The monoisotopic (exact) mass is 249 g/mol. The van der Waals surface area contributed by atoms with E-state index in [-0.39, 0.29) is 5.97 Å². The molecule has 1 saturated heterocycles. The molecule has 2 aliphatic rings. The molecule has 0 spiro atoms. The van der Waals surface area contributed by atoms with Crippen LogP contribution in [-0.2, 0) is 19.3 Å². The molecule has 0 N–H and O–H groups in total. The molecule has 7 heteroatoms. The first-order valence-corrected chi connectivity index (χ1v) is 6.88. The summed E-state index contributed by atoms with van der Waals surface area (Å²) in [5, 5.41) is 3.23. The Hall–Kier alpha value is -0.210. The van der Waals surface area contributed by atoms with Crippen LogP contribution < -0.4 is 0 Å². The van der Waals surface area contributed by atoms with Gasteiger partial charge in [0.25, 0.3) is 0 Å². The van der Waals surface area contributed by atoms with Crippen LogP contribution in [0.25, 0.3) is 0 Å². The second-order valence-electron chi connectivity index (χ2n) is 2.95. The fourth-order valence-corrected chi connectivity index (χ4v) is 3.31. The van der Waals surface area contributed by atoms with Crippen LogP contribution in [0.5, 0.6) is 0 Å². The Kier molecular flexibility index (Phi) is 4.33. The number of carbonyl (C=O) groups is 1. The Morgan fingerprint density at radius 2 is 2.33 bits per heavy atom. The van der Waals surface area contributed by atoms with Crippen LogP contribution >= 0.6 is 21.6 Å². The van der Waals surface area contributed by atoms with Crippen molar-refractivity contribution in [2.24, 2.45) is 0 Å². The molecule has 0 aromatic heterocycles. The molecule has 0 aliphatic carbocycles.